The lowest BCUT2D eigenvalue weighted by molar-refractivity contribution is -0.141. The number of carbonyl (C=O) groups excluding carboxylic acids is 1. The Morgan fingerprint density at radius 3 is 2.92 bits per heavy atom. The maximum Gasteiger partial charge on any atom is 0.311 e. The predicted molar refractivity (Wildman–Crippen MR) is 89.8 cm³/mol. The van der Waals surface area contributed by atoms with Crippen molar-refractivity contribution in [3.63, 3.8) is 0 Å². The van der Waals surface area contributed by atoms with E-state index in [1.165, 1.54) is 23.4 Å². The number of hydrogen-bond acceptors (Lipinski definition) is 10. The number of nitrogens with zero attached hydrogens (tertiary/aromatic N) is 3. The number of nitrogen functional groups attached to an aromatic ring is 1. The number of aliphatic hydroxyl groups excluding tert-OH is 1. The molecule has 24 heavy (non-hydrogen) atoms. The Morgan fingerprint density at radius 2 is 2.25 bits per heavy atom. The first-order valence-corrected chi connectivity index (χ1v) is 8.84. The highest BCUT2D eigenvalue weighted by Crippen LogP contribution is 2.41. The van der Waals surface area contributed by atoms with Gasteiger partial charge >= 0.3 is 10.8 Å². The third-order valence-electron chi connectivity index (χ3n) is 3.58. The van der Waals surface area contributed by atoms with Gasteiger partial charge in [0, 0.05) is 0 Å². The van der Waals surface area contributed by atoms with Gasteiger partial charge in [-0.25, -0.2) is 4.98 Å². The van der Waals surface area contributed by atoms with Crippen LogP contribution in [0.5, 0.6) is 0 Å². The van der Waals surface area contributed by atoms with Gasteiger partial charge in [-0.3, -0.25) is 14.2 Å². The van der Waals surface area contributed by atoms with Crippen LogP contribution in [0.2, 0.25) is 0 Å². The molecular formula is C13H16N4O5S2. The number of thiazole rings is 1. The smallest absolute Gasteiger partial charge is 0.311 e. The molecule has 2 aromatic heterocycles. The summed E-state index contributed by atoms with van der Waals surface area (Å²) < 4.78 is 12.5. The van der Waals surface area contributed by atoms with Crippen LogP contribution in [0.3, 0.4) is 0 Å². The summed E-state index contributed by atoms with van der Waals surface area (Å²) in [7, 11) is 1.30. The average molecular weight is 372 g/mol. The van der Waals surface area contributed by atoms with E-state index in [0.29, 0.717) is 16.0 Å². The van der Waals surface area contributed by atoms with E-state index >= 15 is 0 Å². The molecule has 3 rings (SSSR count). The molecule has 0 aromatic carbocycles. The molecule has 1 aliphatic rings. The summed E-state index contributed by atoms with van der Waals surface area (Å²) in [5.74, 6) is -0.363. The normalized spacial score (nSPS) is 23.7. The van der Waals surface area contributed by atoms with E-state index in [2.05, 4.69) is 9.97 Å². The zero-order chi connectivity index (χ0) is 17.4. The van der Waals surface area contributed by atoms with Gasteiger partial charge in [-0.15, -0.1) is 11.8 Å². The number of hydrogen-bond donors (Lipinski definition) is 2. The number of thioether (sulfide) groups is 1. The topological polar surface area (TPSA) is 130 Å². The zero-order valence-electron chi connectivity index (χ0n) is 13.0. The van der Waals surface area contributed by atoms with Crippen molar-refractivity contribution in [2.24, 2.45) is 0 Å². The fraction of sp³-hybridized carbons (Fsp3) is 0.538. The molecule has 0 bridgehead atoms. The number of carbonyl (C=O) groups is 1. The summed E-state index contributed by atoms with van der Waals surface area (Å²) >= 11 is 2.28. The van der Waals surface area contributed by atoms with Gasteiger partial charge in [-0.2, -0.15) is 4.98 Å². The molecule has 0 saturated carbocycles. The monoisotopic (exact) mass is 372 g/mol. The minimum atomic E-state index is -0.749. The first-order valence-electron chi connectivity index (χ1n) is 7.08. The molecule has 1 aliphatic heterocycles. The van der Waals surface area contributed by atoms with Crippen molar-refractivity contribution in [2.45, 2.75) is 30.3 Å². The molecule has 0 unspecified atom stereocenters. The molecular weight excluding hydrogens is 356 g/mol. The zero-order valence-corrected chi connectivity index (χ0v) is 14.6. The Morgan fingerprint density at radius 1 is 1.50 bits per heavy atom. The molecule has 1 fully saturated rings. The van der Waals surface area contributed by atoms with Crippen molar-refractivity contribution < 1.29 is 19.4 Å². The van der Waals surface area contributed by atoms with Crippen LogP contribution < -0.4 is 10.6 Å². The Balaban J connectivity index is 2.08. The van der Waals surface area contributed by atoms with Gasteiger partial charge < -0.3 is 20.3 Å². The first kappa shape index (κ1) is 17.1. The third kappa shape index (κ3) is 2.99. The summed E-state index contributed by atoms with van der Waals surface area (Å²) in [6.45, 7) is 1.51. The quantitative estimate of drug-likeness (QED) is 0.726. The summed E-state index contributed by atoms with van der Waals surface area (Å²) in [4.78, 5) is 32.1. The number of methoxy groups -OCH3 is 1. The number of aromatic nitrogens is 3. The Hall–Kier alpha value is -1.69. The molecule has 0 radical (unpaired) electrons. The fourth-order valence-electron chi connectivity index (χ4n) is 2.55. The summed E-state index contributed by atoms with van der Waals surface area (Å²) in [6.07, 6.45) is -0.702. The Kier molecular flexibility index (Phi) is 4.76. The van der Waals surface area contributed by atoms with Gasteiger partial charge in [0.25, 0.3) is 0 Å². The second kappa shape index (κ2) is 6.67. The van der Waals surface area contributed by atoms with E-state index in [1.54, 1.807) is 6.92 Å². The molecule has 2 aromatic rings. The first-order chi connectivity index (χ1) is 11.4. The lowest BCUT2D eigenvalue weighted by Crippen LogP contribution is -2.28. The van der Waals surface area contributed by atoms with Crippen LogP contribution in [-0.2, 0) is 14.3 Å². The van der Waals surface area contributed by atoms with Crippen molar-refractivity contribution in [2.75, 3.05) is 19.5 Å². The molecule has 130 valence electrons. The van der Waals surface area contributed by atoms with E-state index in [1.807, 2.05) is 0 Å². The molecule has 11 heteroatoms. The van der Waals surface area contributed by atoms with E-state index in [4.69, 9.17) is 15.2 Å². The van der Waals surface area contributed by atoms with Gasteiger partial charge in [-0.05, 0) is 6.92 Å². The van der Waals surface area contributed by atoms with Crippen molar-refractivity contribution in [3.8, 4) is 0 Å². The minimum absolute atomic E-state index is 0.0473. The van der Waals surface area contributed by atoms with Crippen molar-refractivity contribution in [1.29, 1.82) is 0 Å². The number of nitrogens with two attached hydrogens (primary N) is 1. The summed E-state index contributed by atoms with van der Waals surface area (Å²) in [5.41, 5.74) is 6.14. The van der Waals surface area contributed by atoms with Crippen LogP contribution >= 0.6 is 23.1 Å². The number of aliphatic hydroxyl groups is 1. The minimum Gasteiger partial charge on any atom is -0.469 e. The van der Waals surface area contributed by atoms with Gasteiger partial charge in [-0.1, -0.05) is 11.3 Å². The van der Waals surface area contributed by atoms with Gasteiger partial charge in [0.2, 0.25) is 5.95 Å². The van der Waals surface area contributed by atoms with Crippen molar-refractivity contribution >= 4 is 45.4 Å². The van der Waals surface area contributed by atoms with Crippen LogP contribution in [0.1, 0.15) is 18.3 Å². The van der Waals surface area contributed by atoms with Crippen molar-refractivity contribution in [1.82, 2.24) is 14.5 Å². The Labute approximate surface area is 144 Å². The molecule has 9 nitrogen and oxygen atoms in total. The fourth-order valence-corrected chi connectivity index (χ4v) is 4.64. The summed E-state index contributed by atoms with van der Waals surface area (Å²) in [5, 5.41) is 8.98. The predicted octanol–water partition coefficient (Wildman–Crippen LogP) is 0.256. The van der Waals surface area contributed by atoms with E-state index < -0.39 is 17.6 Å². The standard InChI is InChI=1S/C13H16N4O5S2/c1-5-9-10(16-12(14)15-5)17(13(20)24-9)11-6(3-7(19)21-2)23-8(4-18)22-11/h6,8,11,18H,3-4H2,1-2H3,(H2,14,15,16)/t6-,8-,11+/m0/s1. The molecule has 3 N–H and O–H groups in total. The highest BCUT2D eigenvalue weighted by atomic mass is 32.2. The number of esters is 1. The molecule has 1 saturated heterocycles. The highest BCUT2D eigenvalue weighted by Gasteiger charge is 2.40. The number of rotatable bonds is 4. The largest absolute Gasteiger partial charge is 0.469 e. The number of aryl methyl sites for hydroxylation is 1. The SMILES string of the molecule is COC(=O)C[C@@H]1S[C@@H](CO)O[C@H]1n1c(=O)sc2c(C)nc(N)nc21. The van der Waals surface area contributed by atoms with Gasteiger partial charge in [0.1, 0.15) is 5.44 Å². The van der Waals surface area contributed by atoms with Gasteiger partial charge in [0.15, 0.2) is 11.9 Å². The van der Waals surface area contributed by atoms with Crippen LogP contribution in [0, 0.1) is 6.92 Å². The number of ether oxygens (including phenoxy) is 2. The lowest BCUT2D eigenvalue weighted by Gasteiger charge is -2.18. The van der Waals surface area contributed by atoms with Crippen molar-refractivity contribution in [3.05, 3.63) is 15.4 Å². The molecule has 3 atom stereocenters. The van der Waals surface area contributed by atoms with Gasteiger partial charge in [0.05, 0.1) is 35.8 Å². The highest BCUT2D eigenvalue weighted by molar-refractivity contribution is 8.00. The van der Waals surface area contributed by atoms with E-state index in [0.717, 1.165) is 11.3 Å². The van der Waals surface area contributed by atoms with Crippen LogP contribution in [0.4, 0.5) is 5.95 Å². The number of anilines is 1. The van der Waals surface area contributed by atoms with Crippen LogP contribution in [-0.4, -0.2) is 50.0 Å². The van der Waals surface area contributed by atoms with E-state index in [9.17, 15) is 14.7 Å². The maximum atomic E-state index is 12.5. The second-order valence-electron chi connectivity index (χ2n) is 5.15. The molecule has 0 amide bonds. The maximum absolute atomic E-state index is 12.5. The second-order valence-corrected chi connectivity index (χ2v) is 7.52. The Bertz CT molecular complexity index is 836. The average Bonchev–Trinajstić information content (AvgIpc) is 3.07. The lowest BCUT2D eigenvalue weighted by atomic mass is 10.2. The third-order valence-corrected chi connectivity index (χ3v) is 5.95. The molecule has 0 spiro atoms. The van der Waals surface area contributed by atoms with E-state index in [-0.39, 0.29) is 29.1 Å². The van der Waals surface area contributed by atoms with Crippen LogP contribution in [0.15, 0.2) is 4.79 Å². The molecule has 0 aliphatic carbocycles. The number of fused-ring (bicyclic) bond motifs is 1. The summed E-state index contributed by atoms with van der Waals surface area (Å²) in [6, 6.07) is 0. The van der Waals surface area contributed by atoms with Crippen LogP contribution in [0.25, 0.3) is 10.3 Å². The molecule has 3 heterocycles.